The summed E-state index contributed by atoms with van der Waals surface area (Å²) in [5.41, 5.74) is 6.81. The highest BCUT2D eigenvalue weighted by atomic mass is 79.9. The molecule has 0 bridgehead atoms. The van der Waals surface area contributed by atoms with Crippen molar-refractivity contribution in [2.75, 3.05) is 7.11 Å². The van der Waals surface area contributed by atoms with E-state index in [2.05, 4.69) is 49.8 Å². The minimum atomic E-state index is -0.690. The third kappa shape index (κ3) is 7.23. The quantitative estimate of drug-likeness (QED) is 0.127. The van der Waals surface area contributed by atoms with Crippen molar-refractivity contribution < 1.29 is 23.6 Å². The Kier molecular flexibility index (Phi) is 9.93. The van der Waals surface area contributed by atoms with Crippen LogP contribution in [0.1, 0.15) is 28.3 Å². The van der Waals surface area contributed by atoms with Crippen molar-refractivity contribution in [2.45, 2.75) is 25.8 Å². The van der Waals surface area contributed by atoms with Gasteiger partial charge in [-0.15, -0.1) is 0 Å². The first-order chi connectivity index (χ1) is 22.5. The zero-order chi connectivity index (χ0) is 31.9. The van der Waals surface area contributed by atoms with Crippen LogP contribution >= 0.6 is 27.5 Å². The lowest BCUT2D eigenvalue weighted by molar-refractivity contribution is -0.143. The number of hydrogen-bond donors (Lipinski definition) is 1. The molecule has 232 valence electrons. The van der Waals surface area contributed by atoms with E-state index in [-0.39, 0.29) is 19.8 Å². The molecule has 0 radical (unpaired) electrons. The highest BCUT2D eigenvalue weighted by Crippen LogP contribution is 2.36. The number of hydrogen-bond acceptors (Lipinski definition) is 8. The van der Waals surface area contributed by atoms with E-state index in [4.69, 9.17) is 30.4 Å². The SMILES string of the molecule is COC(=O)C(NCc1cc(Cl)c(OCc2cccc(-c3ccccc3)c2Br)cc1OCc1ccc2nonc2c1)c1ccccc1. The molecule has 6 rings (SSSR count). The van der Waals surface area contributed by atoms with E-state index in [0.717, 1.165) is 37.9 Å². The summed E-state index contributed by atoms with van der Waals surface area (Å²) in [7, 11) is 1.37. The standard InChI is InChI=1S/C36H29BrClN3O5/c1-43-36(42)35(25-11-6-3-7-12-25)39-20-27-18-29(38)33(19-32(27)44-21-23-15-16-30-31(17-23)41-46-40-30)45-22-26-13-8-14-28(34(26)37)24-9-4-2-5-10-24/h2-19,35,39H,20-22H2,1H3. The third-order valence-corrected chi connectivity index (χ3v) is 8.67. The fourth-order valence-electron chi connectivity index (χ4n) is 5.04. The largest absolute Gasteiger partial charge is 0.488 e. The summed E-state index contributed by atoms with van der Waals surface area (Å²) in [5.74, 6) is 0.595. The van der Waals surface area contributed by atoms with Gasteiger partial charge >= 0.3 is 5.97 Å². The fourth-order valence-corrected chi connectivity index (χ4v) is 5.89. The van der Waals surface area contributed by atoms with E-state index in [1.807, 2.05) is 78.9 Å². The van der Waals surface area contributed by atoms with E-state index in [0.29, 0.717) is 27.6 Å². The minimum absolute atomic E-state index is 0.237. The monoisotopic (exact) mass is 697 g/mol. The molecule has 1 atom stereocenters. The van der Waals surface area contributed by atoms with Gasteiger partial charge in [0, 0.05) is 28.2 Å². The zero-order valence-corrected chi connectivity index (χ0v) is 27.1. The molecule has 1 N–H and O–H groups in total. The van der Waals surface area contributed by atoms with Crippen molar-refractivity contribution >= 4 is 44.5 Å². The van der Waals surface area contributed by atoms with Crippen LogP contribution < -0.4 is 14.8 Å². The molecule has 1 aromatic heterocycles. The maximum absolute atomic E-state index is 12.7. The number of ether oxygens (including phenoxy) is 3. The molecule has 5 aromatic carbocycles. The second kappa shape index (κ2) is 14.6. The van der Waals surface area contributed by atoms with Crippen molar-refractivity contribution in [1.82, 2.24) is 15.6 Å². The van der Waals surface area contributed by atoms with E-state index in [9.17, 15) is 4.79 Å². The molecule has 8 nitrogen and oxygen atoms in total. The minimum Gasteiger partial charge on any atom is -0.488 e. The summed E-state index contributed by atoms with van der Waals surface area (Å²) < 4.78 is 23.5. The Morgan fingerprint density at radius 2 is 1.57 bits per heavy atom. The molecule has 10 heteroatoms. The molecule has 0 fully saturated rings. The number of fused-ring (bicyclic) bond motifs is 1. The van der Waals surface area contributed by atoms with Crippen molar-refractivity contribution in [3.63, 3.8) is 0 Å². The maximum atomic E-state index is 12.7. The van der Waals surface area contributed by atoms with Crippen molar-refractivity contribution in [1.29, 1.82) is 0 Å². The Labute approximate surface area is 279 Å². The fraction of sp³-hybridized carbons (Fsp3) is 0.139. The summed E-state index contributed by atoms with van der Waals surface area (Å²) in [6.07, 6.45) is 0. The van der Waals surface area contributed by atoms with Crippen LogP contribution in [0.4, 0.5) is 0 Å². The summed E-state index contributed by atoms with van der Waals surface area (Å²) in [4.78, 5) is 12.7. The first-order valence-electron chi connectivity index (χ1n) is 14.5. The number of nitrogens with zero attached hydrogens (tertiary/aromatic N) is 2. The molecular weight excluding hydrogens is 670 g/mol. The maximum Gasteiger partial charge on any atom is 0.327 e. The summed E-state index contributed by atoms with van der Waals surface area (Å²) in [6, 6.07) is 34.1. The lowest BCUT2D eigenvalue weighted by Crippen LogP contribution is -2.29. The van der Waals surface area contributed by atoms with Crippen LogP contribution in [-0.2, 0) is 29.3 Å². The Bertz CT molecular complexity index is 1950. The van der Waals surface area contributed by atoms with Gasteiger partial charge in [0.15, 0.2) is 0 Å². The van der Waals surface area contributed by atoms with Gasteiger partial charge < -0.3 is 14.2 Å². The Morgan fingerprint density at radius 1 is 0.826 bits per heavy atom. The number of esters is 1. The van der Waals surface area contributed by atoms with Crippen LogP contribution in [0.2, 0.25) is 5.02 Å². The van der Waals surface area contributed by atoms with Gasteiger partial charge in [-0.25, -0.2) is 9.42 Å². The Morgan fingerprint density at radius 3 is 2.35 bits per heavy atom. The molecule has 0 amide bonds. The Balaban J connectivity index is 1.26. The number of carbonyl (C=O) groups is 1. The second-order valence-corrected chi connectivity index (χ2v) is 11.6. The van der Waals surface area contributed by atoms with E-state index >= 15 is 0 Å². The van der Waals surface area contributed by atoms with Gasteiger partial charge in [0.25, 0.3) is 0 Å². The molecule has 0 saturated carbocycles. The highest BCUT2D eigenvalue weighted by Gasteiger charge is 2.22. The summed E-state index contributed by atoms with van der Waals surface area (Å²) in [5, 5.41) is 11.5. The van der Waals surface area contributed by atoms with Gasteiger partial charge in [0.05, 0.1) is 12.1 Å². The summed E-state index contributed by atoms with van der Waals surface area (Å²) in [6.45, 7) is 0.772. The number of rotatable bonds is 12. The van der Waals surface area contributed by atoms with E-state index in [1.165, 1.54) is 7.11 Å². The molecule has 6 aromatic rings. The molecule has 0 saturated heterocycles. The van der Waals surface area contributed by atoms with Gasteiger partial charge in [-0.3, -0.25) is 5.32 Å². The highest BCUT2D eigenvalue weighted by molar-refractivity contribution is 9.10. The molecule has 0 aliphatic heterocycles. The molecular formula is C36H29BrClN3O5. The molecule has 0 aliphatic rings. The van der Waals surface area contributed by atoms with Crippen molar-refractivity contribution in [3.05, 3.63) is 141 Å². The smallest absolute Gasteiger partial charge is 0.327 e. The van der Waals surface area contributed by atoms with Gasteiger partial charge in [0.1, 0.15) is 41.8 Å². The average Bonchev–Trinajstić information content (AvgIpc) is 3.57. The third-order valence-electron chi connectivity index (χ3n) is 7.44. The van der Waals surface area contributed by atoms with E-state index in [1.54, 1.807) is 12.1 Å². The number of benzene rings is 5. The van der Waals surface area contributed by atoms with Crippen LogP contribution in [0.25, 0.3) is 22.2 Å². The molecule has 46 heavy (non-hydrogen) atoms. The molecule has 1 heterocycles. The van der Waals surface area contributed by atoms with Gasteiger partial charge in [0.2, 0.25) is 0 Å². The summed E-state index contributed by atoms with van der Waals surface area (Å²) >= 11 is 10.6. The number of methoxy groups -OCH3 is 1. The Hall–Kier alpha value is -4.70. The zero-order valence-electron chi connectivity index (χ0n) is 24.8. The predicted octanol–water partition coefficient (Wildman–Crippen LogP) is 8.47. The molecule has 1 unspecified atom stereocenters. The number of nitrogens with one attached hydrogen (secondary N) is 1. The first kappa shape index (κ1) is 31.3. The molecule has 0 aliphatic carbocycles. The van der Waals surface area contributed by atoms with Crippen LogP contribution in [0.5, 0.6) is 11.5 Å². The van der Waals surface area contributed by atoms with Crippen LogP contribution in [-0.4, -0.2) is 23.4 Å². The van der Waals surface area contributed by atoms with Crippen LogP contribution in [0.3, 0.4) is 0 Å². The number of aromatic nitrogens is 2. The van der Waals surface area contributed by atoms with Gasteiger partial charge in [-0.1, -0.05) is 96.5 Å². The topological polar surface area (TPSA) is 95.7 Å². The van der Waals surface area contributed by atoms with Gasteiger partial charge in [-0.05, 0) is 66.7 Å². The number of carbonyl (C=O) groups excluding carboxylic acids is 1. The molecule has 0 spiro atoms. The second-order valence-electron chi connectivity index (χ2n) is 10.4. The van der Waals surface area contributed by atoms with E-state index < -0.39 is 12.0 Å². The lowest BCUT2D eigenvalue weighted by atomic mass is 10.0. The van der Waals surface area contributed by atoms with Gasteiger partial charge in [-0.2, -0.15) is 0 Å². The predicted molar refractivity (Wildman–Crippen MR) is 180 cm³/mol. The number of halogens is 2. The van der Waals surface area contributed by atoms with Crippen molar-refractivity contribution in [2.24, 2.45) is 0 Å². The first-order valence-corrected chi connectivity index (χ1v) is 15.7. The normalized spacial score (nSPS) is 11.7. The van der Waals surface area contributed by atoms with Crippen molar-refractivity contribution in [3.8, 4) is 22.6 Å². The lowest BCUT2D eigenvalue weighted by Gasteiger charge is -2.20. The van der Waals surface area contributed by atoms with Crippen LogP contribution in [0, 0.1) is 0 Å². The van der Waals surface area contributed by atoms with Crippen LogP contribution in [0.15, 0.2) is 118 Å². The average molecular weight is 699 g/mol.